The van der Waals surface area contributed by atoms with Gasteiger partial charge in [0, 0.05) is 24.4 Å². The first-order valence-electron chi connectivity index (χ1n) is 8.89. The molecule has 0 amide bonds. The molecule has 1 heterocycles. The van der Waals surface area contributed by atoms with Crippen LogP contribution in [0.15, 0.2) is 48.7 Å². The number of phenols is 2. The largest absolute Gasteiger partial charge is 0.507 e. The summed E-state index contributed by atoms with van der Waals surface area (Å²) in [6.07, 6.45) is 2.92. The maximum Gasteiger partial charge on any atom is 0.341 e. The van der Waals surface area contributed by atoms with E-state index in [0.29, 0.717) is 18.4 Å². The van der Waals surface area contributed by atoms with Crippen molar-refractivity contribution in [3.8, 4) is 11.5 Å². The first-order valence-corrected chi connectivity index (χ1v) is 9.27. The van der Waals surface area contributed by atoms with Gasteiger partial charge in [0.1, 0.15) is 22.9 Å². The van der Waals surface area contributed by atoms with Crippen molar-refractivity contribution in [3.63, 3.8) is 0 Å². The molecule has 0 unspecified atom stereocenters. The molecule has 0 atom stereocenters. The Balaban J connectivity index is 1.89. The second-order valence-electron chi connectivity index (χ2n) is 6.49. The Morgan fingerprint density at radius 3 is 2.55 bits per heavy atom. The molecule has 2 N–H and O–H groups in total. The predicted octanol–water partition coefficient (Wildman–Crippen LogP) is 4.45. The molecule has 0 spiro atoms. The normalized spacial score (nSPS) is 10.7. The monoisotopic (exact) mass is 415 g/mol. The van der Waals surface area contributed by atoms with Crippen LogP contribution in [0.1, 0.15) is 32.7 Å². The van der Waals surface area contributed by atoms with Crippen molar-refractivity contribution in [2.75, 3.05) is 7.11 Å². The van der Waals surface area contributed by atoms with Crippen LogP contribution in [0.3, 0.4) is 0 Å². The van der Waals surface area contributed by atoms with E-state index in [2.05, 4.69) is 4.98 Å². The number of aromatic nitrogens is 1. The van der Waals surface area contributed by atoms with Crippen LogP contribution in [0.5, 0.6) is 11.5 Å². The number of carbonyl (C=O) groups is 1. The molecule has 1 aromatic heterocycles. The van der Waals surface area contributed by atoms with Crippen LogP contribution in [0.2, 0.25) is 5.02 Å². The fourth-order valence-corrected chi connectivity index (χ4v) is 3.41. The van der Waals surface area contributed by atoms with E-state index in [1.165, 1.54) is 19.2 Å². The lowest BCUT2D eigenvalue weighted by atomic mass is 9.96. The Labute approximate surface area is 172 Å². The van der Waals surface area contributed by atoms with Gasteiger partial charge < -0.3 is 14.9 Å². The van der Waals surface area contributed by atoms with Crippen molar-refractivity contribution < 1.29 is 24.1 Å². The Kier molecular flexibility index (Phi) is 6.34. The van der Waals surface area contributed by atoms with E-state index in [4.69, 9.17) is 16.3 Å². The summed E-state index contributed by atoms with van der Waals surface area (Å²) >= 11 is 6.20. The van der Waals surface area contributed by atoms with Crippen molar-refractivity contribution in [1.29, 1.82) is 0 Å². The summed E-state index contributed by atoms with van der Waals surface area (Å²) in [5.41, 5.74) is 2.85. The van der Waals surface area contributed by atoms with Crippen molar-refractivity contribution >= 4 is 17.6 Å². The van der Waals surface area contributed by atoms with Crippen LogP contribution in [-0.2, 0) is 24.0 Å². The van der Waals surface area contributed by atoms with Gasteiger partial charge in [-0.05, 0) is 47.7 Å². The van der Waals surface area contributed by atoms with E-state index < -0.39 is 11.7 Å². The quantitative estimate of drug-likeness (QED) is 0.581. The second kappa shape index (κ2) is 8.92. The van der Waals surface area contributed by atoms with Gasteiger partial charge >= 0.3 is 5.97 Å². The molecule has 29 heavy (non-hydrogen) atoms. The van der Waals surface area contributed by atoms with Gasteiger partial charge in [0.05, 0.1) is 12.1 Å². The molecule has 3 rings (SSSR count). The van der Waals surface area contributed by atoms with E-state index in [1.54, 1.807) is 24.4 Å². The molecule has 0 saturated carbocycles. The highest BCUT2D eigenvalue weighted by Crippen LogP contribution is 2.37. The summed E-state index contributed by atoms with van der Waals surface area (Å²) in [6, 6.07) is 10.9. The Hall–Kier alpha value is -3.12. The minimum absolute atomic E-state index is 0.00725. The van der Waals surface area contributed by atoms with Gasteiger partial charge in [0.15, 0.2) is 0 Å². The van der Waals surface area contributed by atoms with Gasteiger partial charge in [0.25, 0.3) is 0 Å². The van der Waals surface area contributed by atoms with Crippen LogP contribution in [0, 0.1) is 5.82 Å². The number of nitrogens with zero attached hydrogens (tertiary/aromatic N) is 1. The minimum Gasteiger partial charge on any atom is -0.507 e. The fourth-order valence-electron chi connectivity index (χ4n) is 3.16. The van der Waals surface area contributed by atoms with Crippen molar-refractivity contribution in [2.24, 2.45) is 0 Å². The highest BCUT2D eigenvalue weighted by molar-refractivity contribution is 6.33. The lowest BCUT2D eigenvalue weighted by Gasteiger charge is -2.14. The molecule has 150 valence electrons. The lowest BCUT2D eigenvalue weighted by molar-refractivity contribution is 0.0596. The topological polar surface area (TPSA) is 79.7 Å². The number of methoxy groups -OCH3 is 1. The predicted molar refractivity (Wildman–Crippen MR) is 107 cm³/mol. The van der Waals surface area contributed by atoms with Crippen LogP contribution in [0.4, 0.5) is 4.39 Å². The Morgan fingerprint density at radius 1 is 1.14 bits per heavy atom. The summed E-state index contributed by atoms with van der Waals surface area (Å²) < 4.78 is 17.9. The number of hydrogen-bond donors (Lipinski definition) is 2. The minimum atomic E-state index is -0.739. The summed E-state index contributed by atoms with van der Waals surface area (Å²) in [4.78, 5) is 16.5. The molecule has 3 aromatic rings. The molecule has 7 heteroatoms. The van der Waals surface area contributed by atoms with Crippen LogP contribution in [-0.4, -0.2) is 28.3 Å². The number of halogens is 2. The Morgan fingerprint density at radius 2 is 1.86 bits per heavy atom. The molecule has 0 aliphatic rings. The van der Waals surface area contributed by atoms with E-state index in [1.807, 2.05) is 6.07 Å². The summed E-state index contributed by atoms with van der Waals surface area (Å²) in [7, 11) is 1.20. The number of esters is 1. The highest BCUT2D eigenvalue weighted by Gasteiger charge is 2.23. The SMILES string of the molecule is COC(=O)c1c(O)cc(O)c(Cl)c1CCc1cccnc1Cc1ccc(F)cc1. The number of carbonyl (C=O) groups excluding carboxylic acids is 1. The third-order valence-electron chi connectivity index (χ3n) is 4.62. The van der Waals surface area contributed by atoms with Gasteiger partial charge in [-0.25, -0.2) is 9.18 Å². The van der Waals surface area contributed by atoms with Gasteiger partial charge in [-0.3, -0.25) is 4.98 Å². The second-order valence-corrected chi connectivity index (χ2v) is 6.86. The van der Waals surface area contributed by atoms with Crippen molar-refractivity contribution in [2.45, 2.75) is 19.3 Å². The maximum atomic E-state index is 13.1. The standard InChI is InChI=1S/C22H19ClFNO4/c1-29-22(28)20-16(21(23)19(27)12-18(20)26)9-6-14-3-2-10-25-17(14)11-13-4-7-15(24)8-5-13/h2-5,7-8,10,12,26-27H,6,9,11H2,1H3. The zero-order chi connectivity index (χ0) is 21.0. The number of hydrogen-bond acceptors (Lipinski definition) is 5. The number of phenolic OH excluding ortho intramolecular Hbond substituents is 2. The van der Waals surface area contributed by atoms with Gasteiger partial charge in [0.2, 0.25) is 0 Å². The van der Waals surface area contributed by atoms with E-state index in [9.17, 15) is 19.4 Å². The first-order chi connectivity index (χ1) is 13.9. The molecule has 5 nitrogen and oxygen atoms in total. The fraction of sp³-hybridized carbons (Fsp3) is 0.182. The van der Waals surface area contributed by atoms with Crippen molar-refractivity contribution in [3.05, 3.63) is 87.4 Å². The van der Waals surface area contributed by atoms with E-state index in [-0.39, 0.29) is 28.6 Å². The zero-order valence-corrected chi connectivity index (χ0v) is 16.4. The molecule has 0 bridgehead atoms. The Bertz CT molecular complexity index is 1040. The van der Waals surface area contributed by atoms with E-state index >= 15 is 0 Å². The molecule has 2 aromatic carbocycles. The number of ether oxygens (including phenoxy) is 1. The van der Waals surface area contributed by atoms with Crippen LogP contribution in [0.25, 0.3) is 0 Å². The number of pyridine rings is 1. The molecule has 0 fully saturated rings. The van der Waals surface area contributed by atoms with Gasteiger partial charge in [-0.2, -0.15) is 0 Å². The first kappa shape index (κ1) is 20.6. The summed E-state index contributed by atoms with van der Waals surface area (Å²) in [5, 5.41) is 20.0. The average molecular weight is 416 g/mol. The van der Waals surface area contributed by atoms with Crippen LogP contribution >= 0.6 is 11.6 Å². The van der Waals surface area contributed by atoms with E-state index in [0.717, 1.165) is 22.9 Å². The number of aryl methyl sites for hydroxylation is 1. The van der Waals surface area contributed by atoms with Gasteiger partial charge in [-0.1, -0.05) is 29.8 Å². The van der Waals surface area contributed by atoms with Crippen molar-refractivity contribution in [1.82, 2.24) is 4.98 Å². The zero-order valence-electron chi connectivity index (χ0n) is 15.7. The highest BCUT2D eigenvalue weighted by atomic mass is 35.5. The molecule has 0 saturated heterocycles. The number of aromatic hydroxyl groups is 2. The number of benzene rings is 2. The average Bonchev–Trinajstić information content (AvgIpc) is 2.71. The summed E-state index contributed by atoms with van der Waals surface area (Å²) in [5.74, 6) is -1.75. The smallest absolute Gasteiger partial charge is 0.341 e. The summed E-state index contributed by atoms with van der Waals surface area (Å²) in [6.45, 7) is 0. The van der Waals surface area contributed by atoms with Gasteiger partial charge in [-0.15, -0.1) is 0 Å². The number of rotatable bonds is 6. The molecule has 0 aliphatic heterocycles. The molecule has 0 radical (unpaired) electrons. The third kappa shape index (κ3) is 4.66. The lowest BCUT2D eigenvalue weighted by Crippen LogP contribution is -2.09. The van der Waals surface area contributed by atoms with Crippen LogP contribution < -0.4 is 0 Å². The maximum absolute atomic E-state index is 13.1. The molecule has 0 aliphatic carbocycles. The third-order valence-corrected chi connectivity index (χ3v) is 5.05. The molecular weight excluding hydrogens is 397 g/mol. The molecular formula is C22H19ClFNO4.